The largest absolute Gasteiger partial charge is 0.340 e. The Morgan fingerprint density at radius 3 is 2.46 bits per heavy atom. The second kappa shape index (κ2) is 9.56. The van der Waals surface area contributed by atoms with E-state index < -0.39 is 0 Å². The van der Waals surface area contributed by atoms with Gasteiger partial charge in [0.05, 0.1) is 6.54 Å². The Morgan fingerprint density at radius 1 is 1.29 bits per heavy atom. The van der Waals surface area contributed by atoms with Gasteiger partial charge in [0, 0.05) is 38.5 Å². The lowest BCUT2D eigenvalue weighted by molar-refractivity contribution is -0.139. The highest BCUT2D eigenvalue weighted by Gasteiger charge is 2.32. The zero-order valence-corrected chi connectivity index (χ0v) is 15.9. The molecular formula is C15H27Cl2N5O2. The fourth-order valence-electron chi connectivity index (χ4n) is 2.98. The molecular weight excluding hydrogens is 353 g/mol. The van der Waals surface area contributed by atoms with Crippen LogP contribution in [-0.4, -0.2) is 65.1 Å². The van der Waals surface area contributed by atoms with Gasteiger partial charge in [0.25, 0.3) is 0 Å². The fourth-order valence-corrected chi connectivity index (χ4v) is 2.98. The highest BCUT2D eigenvalue weighted by Crippen LogP contribution is 2.19. The molecule has 1 amide bonds. The summed E-state index contributed by atoms with van der Waals surface area (Å²) in [5.41, 5.74) is 0. The Balaban J connectivity index is 0.00000144. The van der Waals surface area contributed by atoms with Gasteiger partial charge in [0.2, 0.25) is 11.8 Å². The van der Waals surface area contributed by atoms with Crippen molar-refractivity contribution in [1.29, 1.82) is 0 Å². The first-order chi connectivity index (χ1) is 10.7. The molecule has 9 heteroatoms. The molecule has 0 bridgehead atoms. The standard InChI is InChI=1S/C15H25N5O2.2ClH/c1-3-14-17-13(18-22-14)10-19-4-6-20(7-5-19)15(21)11(2)12-8-16-9-12;;/h11-12,16H,3-10H2,1-2H3;2*1H. The van der Waals surface area contributed by atoms with Crippen LogP contribution in [0.25, 0.3) is 0 Å². The van der Waals surface area contributed by atoms with Gasteiger partial charge in [0.1, 0.15) is 0 Å². The van der Waals surface area contributed by atoms with Crippen molar-refractivity contribution in [1.82, 2.24) is 25.3 Å². The average Bonchev–Trinajstić information content (AvgIpc) is 2.93. The normalized spacial score (nSPS) is 19.8. The number of carbonyl (C=O) groups is 1. The lowest BCUT2D eigenvalue weighted by atomic mass is 9.88. The van der Waals surface area contributed by atoms with Crippen molar-refractivity contribution in [3.63, 3.8) is 0 Å². The maximum absolute atomic E-state index is 12.5. The van der Waals surface area contributed by atoms with Crippen molar-refractivity contribution < 1.29 is 9.32 Å². The van der Waals surface area contributed by atoms with Crippen molar-refractivity contribution in [2.75, 3.05) is 39.3 Å². The number of halogens is 2. The fraction of sp³-hybridized carbons (Fsp3) is 0.800. The number of piperazine rings is 1. The maximum Gasteiger partial charge on any atom is 0.226 e. The molecule has 2 saturated heterocycles. The summed E-state index contributed by atoms with van der Waals surface area (Å²) in [7, 11) is 0. The molecule has 2 aliphatic rings. The molecule has 0 spiro atoms. The minimum Gasteiger partial charge on any atom is -0.340 e. The SMILES string of the molecule is CCc1nc(CN2CCN(C(=O)C(C)C3CNC3)CC2)no1.Cl.Cl. The number of nitrogens with zero attached hydrogens (tertiary/aromatic N) is 4. The lowest BCUT2D eigenvalue weighted by Crippen LogP contribution is -2.54. The van der Waals surface area contributed by atoms with E-state index >= 15 is 0 Å². The monoisotopic (exact) mass is 379 g/mol. The number of amides is 1. The topological polar surface area (TPSA) is 74.5 Å². The Morgan fingerprint density at radius 2 is 1.96 bits per heavy atom. The molecule has 0 saturated carbocycles. The molecule has 2 fully saturated rings. The summed E-state index contributed by atoms with van der Waals surface area (Å²) >= 11 is 0. The van der Waals surface area contributed by atoms with Crippen molar-refractivity contribution >= 4 is 30.7 Å². The van der Waals surface area contributed by atoms with E-state index in [-0.39, 0.29) is 30.7 Å². The van der Waals surface area contributed by atoms with Crippen LogP contribution in [0.3, 0.4) is 0 Å². The molecule has 3 rings (SSSR count). The summed E-state index contributed by atoms with van der Waals surface area (Å²) in [6, 6.07) is 0. The third-order valence-corrected chi connectivity index (χ3v) is 4.77. The van der Waals surface area contributed by atoms with Gasteiger partial charge in [-0.15, -0.1) is 24.8 Å². The predicted octanol–water partition coefficient (Wildman–Crippen LogP) is 0.975. The lowest BCUT2D eigenvalue weighted by Gasteiger charge is -2.38. The van der Waals surface area contributed by atoms with Gasteiger partial charge in [-0.05, 0) is 19.0 Å². The van der Waals surface area contributed by atoms with Gasteiger partial charge in [-0.3, -0.25) is 9.69 Å². The number of hydrogen-bond acceptors (Lipinski definition) is 6. The van der Waals surface area contributed by atoms with Crippen LogP contribution in [0.15, 0.2) is 4.52 Å². The molecule has 24 heavy (non-hydrogen) atoms. The molecule has 1 aromatic rings. The van der Waals surface area contributed by atoms with Crippen LogP contribution in [0.2, 0.25) is 0 Å². The molecule has 0 aliphatic carbocycles. The van der Waals surface area contributed by atoms with E-state index in [1.807, 2.05) is 11.8 Å². The summed E-state index contributed by atoms with van der Waals surface area (Å²) in [5, 5.41) is 7.23. The first-order valence-corrected chi connectivity index (χ1v) is 8.20. The van der Waals surface area contributed by atoms with Gasteiger partial charge in [0.15, 0.2) is 5.82 Å². The van der Waals surface area contributed by atoms with Gasteiger partial charge in [-0.1, -0.05) is 19.0 Å². The van der Waals surface area contributed by atoms with Crippen LogP contribution in [-0.2, 0) is 17.8 Å². The molecule has 1 unspecified atom stereocenters. The molecule has 0 aromatic carbocycles. The molecule has 2 aliphatic heterocycles. The summed E-state index contributed by atoms with van der Waals surface area (Å²) in [5.74, 6) is 2.38. The van der Waals surface area contributed by atoms with Crippen LogP contribution in [0.5, 0.6) is 0 Å². The van der Waals surface area contributed by atoms with E-state index in [1.165, 1.54) is 0 Å². The maximum atomic E-state index is 12.5. The van der Waals surface area contributed by atoms with E-state index in [0.29, 0.717) is 24.3 Å². The van der Waals surface area contributed by atoms with Crippen LogP contribution in [0.4, 0.5) is 0 Å². The first-order valence-electron chi connectivity index (χ1n) is 8.20. The van der Waals surface area contributed by atoms with E-state index in [9.17, 15) is 4.79 Å². The Hall–Kier alpha value is -0.890. The number of aromatic nitrogens is 2. The van der Waals surface area contributed by atoms with E-state index in [2.05, 4.69) is 27.3 Å². The summed E-state index contributed by atoms with van der Waals surface area (Å²) in [6.07, 6.45) is 0.767. The third-order valence-electron chi connectivity index (χ3n) is 4.77. The molecule has 1 N–H and O–H groups in total. The molecule has 138 valence electrons. The zero-order valence-electron chi connectivity index (χ0n) is 14.2. The third kappa shape index (κ3) is 4.81. The summed E-state index contributed by atoms with van der Waals surface area (Å²) < 4.78 is 5.13. The predicted molar refractivity (Wildman–Crippen MR) is 95.6 cm³/mol. The number of carbonyl (C=O) groups excluding carboxylic acids is 1. The van der Waals surface area contributed by atoms with Crippen LogP contribution < -0.4 is 5.32 Å². The van der Waals surface area contributed by atoms with Crippen molar-refractivity contribution in [3.8, 4) is 0 Å². The molecule has 3 heterocycles. The quantitative estimate of drug-likeness (QED) is 0.821. The number of aryl methyl sites for hydroxylation is 1. The second-order valence-electron chi connectivity index (χ2n) is 6.27. The van der Waals surface area contributed by atoms with Gasteiger partial charge in [-0.2, -0.15) is 4.98 Å². The highest BCUT2D eigenvalue weighted by molar-refractivity contribution is 5.85. The van der Waals surface area contributed by atoms with Crippen LogP contribution in [0, 0.1) is 11.8 Å². The van der Waals surface area contributed by atoms with Crippen molar-refractivity contribution in [2.45, 2.75) is 26.8 Å². The number of nitrogens with one attached hydrogen (secondary N) is 1. The Kier molecular flexibility index (Phi) is 8.42. The zero-order chi connectivity index (χ0) is 15.5. The van der Waals surface area contributed by atoms with E-state index in [4.69, 9.17) is 4.52 Å². The van der Waals surface area contributed by atoms with Crippen molar-refractivity contribution in [2.24, 2.45) is 11.8 Å². The average molecular weight is 380 g/mol. The minimum atomic E-state index is 0. The first kappa shape index (κ1) is 21.2. The van der Waals surface area contributed by atoms with Gasteiger partial charge in [-0.25, -0.2) is 0 Å². The molecule has 7 nitrogen and oxygen atoms in total. The smallest absolute Gasteiger partial charge is 0.226 e. The van der Waals surface area contributed by atoms with Crippen molar-refractivity contribution in [3.05, 3.63) is 11.7 Å². The minimum absolute atomic E-state index is 0. The molecule has 1 aromatic heterocycles. The summed E-state index contributed by atoms with van der Waals surface area (Å²) in [6.45, 7) is 10.0. The van der Waals surface area contributed by atoms with Crippen LogP contribution in [0.1, 0.15) is 25.6 Å². The van der Waals surface area contributed by atoms with E-state index in [1.54, 1.807) is 0 Å². The Labute approximate surface area is 155 Å². The molecule has 0 radical (unpaired) electrons. The summed E-state index contributed by atoms with van der Waals surface area (Å²) in [4.78, 5) is 21.1. The van der Waals surface area contributed by atoms with Crippen LogP contribution >= 0.6 is 24.8 Å². The second-order valence-corrected chi connectivity index (χ2v) is 6.27. The van der Waals surface area contributed by atoms with Gasteiger partial charge < -0.3 is 14.7 Å². The number of hydrogen-bond donors (Lipinski definition) is 1. The molecule has 1 atom stereocenters. The van der Waals surface area contributed by atoms with E-state index in [0.717, 1.165) is 51.5 Å². The highest BCUT2D eigenvalue weighted by atomic mass is 35.5. The Bertz CT molecular complexity index is 516. The van der Waals surface area contributed by atoms with Gasteiger partial charge >= 0.3 is 0 Å². The number of rotatable bonds is 5.